The van der Waals surface area contributed by atoms with Crippen LogP contribution in [0.4, 0.5) is 8.78 Å². The summed E-state index contributed by atoms with van der Waals surface area (Å²) in [6.07, 6.45) is 0.461. The number of carbonyl (C=O) groups is 1. The summed E-state index contributed by atoms with van der Waals surface area (Å²) in [6.45, 7) is 2.13. The normalized spacial score (nSPS) is 11.0. The Morgan fingerprint density at radius 3 is 2.67 bits per heavy atom. The first-order chi connectivity index (χ1) is 15.9. The first-order valence-electron chi connectivity index (χ1n) is 10.4. The second kappa shape index (κ2) is 11.6. The lowest BCUT2D eigenvalue weighted by molar-refractivity contribution is -0.118. The molecule has 0 aliphatic rings. The highest BCUT2D eigenvalue weighted by Crippen LogP contribution is 2.30. The summed E-state index contributed by atoms with van der Waals surface area (Å²) < 4.78 is 36.7. The van der Waals surface area contributed by atoms with Crippen LogP contribution in [0.2, 0.25) is 0 Å². The van der Waals surface area contributed by atoms with Gasteiger partial charge in [0, 0.05) is 18.7 Å². The lowest BCUT2D eigenvalue weighted by Gasteiger charge is -2.12. The number of ether oxygens (including phenoxy) is 2. The molecule has 0 aliphatic carbocycles. The van der Waals surface area contributed by atoms with Gasteiger partial charge in [0.05, 0.1) is 12.9 Å². The molecule has 33 heavy (non-hydrogen) atoms. The summed E-state index contributed by atoms with van der Waals surface area (Å²) in [5.74, 6) is 1.01. The van der Waals surface area contributed by atoms with Gasteiger partial charge in [-0.15, -0.1) is 10.2 Å². The first-order valence-corrected chi connectivity index (χ1v) is 11.4. The molecule has 0 unspecified atom stereocenters. The van der Waals surface area contributed by atoms with Crippen molar-refractivity contribution < 1.29 is 23.0 Å². The molecule has 10 heteroatoms. The van der Waals surface area contributed by atoms with Crippen LogP contribution in [-0.2, 0) is 17.8 Å². The number of methoxy groups -OCH3 is 1. The molecule has 3 rings (SSSR count). The van der Waals surface area contributed by atoms with Crippen LogP contribution in [0.1, 0.15) is 18.1 Å². The lowest BCUT2D eigenvalue weighted by atomic mass is 10.1. The fraction of sp³-hybridized carbons (Fsp3) is 0.348. The number of halogens is 2. The quantitative estimate of drug-likeness (QED) is 0.415. The maximum absolute atomic E-state index is 12.6. The molecule has 0 bridgehead atoms. The molecular weight excluding hydrogens is 450 g/mol. The highest BCUT2D eigenvalue weighted by molar-refractivity contribution is 7.99. The Balaban J connectivity index is 1.54. The van der Waals surface area contributed by atoms with Crippen LogP contribution in [0.3, 0.4) is 0 Å². The van der Waals surface area contributed by atoms with Gasteiger partial charge in [-0.3, -0.25) is 4.79 Å². The highest BCUT2D eigenvalue weighted by atomic mass is 32.2. The smallest absolute Gasteiger partial charge is 0.387 e. The monoisotopic (exact) mass is 476 g/mol. The van der Waals surface area contributed by atoms with Gasteiger partial charge in [0.1, 0.15) is 0 Å². The van der Waals surface area contributed by atoms with Crippen molar-refractivity contribution in [3.63, 3.8) is 0 Å². The van der Waals surface area contributed by atoms with Gasteiger partial charge < -0.3 is 19.4 Å². The van der Waals surface area contributed by atoms with Crippen molar-refractivity contribution in [2.75, 3.05) is 19.4 Å². The molecule has 1 amide bonds. The molecule has 1 aromatic heterocycles. The van der Waals surface area contributed by atoms with Crippen LogP contribution in [0, 0.1) is 6.92 Å². The van der Waals surface area contributed by atoms with E-state index in [0.717, 1.165) is 22.5 Å². The van der Waals surface area contributed by atoms with Crippen molar-refractivity contribution in [2.45, 2.75) is 38.6 Å². The van der Waals surface area contributed by atoms with Gasteiger partial charge in [-0.1, -0.05) is 42.1 Å². The predicted octanol–water partition coefficient (Wildman–Crippen LogP) is 4.33. The standard InChI is InChI=1S/C23H26F2N4O3S/c1-4-29-21(17-8-6-5-7-15(17)2)27-28-23(29)33-14-20(30)26-12-11-16-9-10-18(31-3)19(13-16)32-22(24)25/h5-10,13,22H,4,11-12,14H2,1-3H3,(H,26,30). The number of nitrogens with one attached hydrogen (secondary N) is 1. The molecule has 7 nitrogen and oxygen atoms in total. The summed E-state index contributed by atoms with van der Waals surface area (Å²) in [5.41, 5.74) is 2.86. The molecule has 0 saturated carbocycles. The summed E-state index contributed by atoms with van der Waals surface area (Å²) in [4.78, 5) is 12.3. The Kier molecular flexibility index (Phi) is 8.65. The lowest BCUT2D eigenvalue weighted by Crippen LogP contribution is -2.27. The minimum atomic E-state index is -2.94. The number of nitrogens with zero attached hydrogens (tertiary/aromatic N) is 3. The highest BCUT2D eigenvalue weighted by Gasteiger charge is 2.16. The van der Waals surface area contributed by atoms with Gasteiger partial charge >= 0.3 is 6.61 Å². The van der Waals surface area contributed by atoms with Gasteiger partial charge in [0.25, 0.3) is 0 Å². The van der Waals surface area contributed by atoms with E-state index in [2.05, 4.69) is 20.3 Å². The second-order valence-electron chi connectivity index (χ2n) is 7.12. The number of amides is 1. The van der Waals surface area contributed by atoms with Crippen molar-refractivity contribution >= 4 is 17.7 Å². The molecule has 0 spiro atoms. The fourth-order valence-corrected chi connectivity index (χ4v) is 4.13. The maximum Gasteiger partial charge on any atom is 0.387 e. The predicted molar refractivity (Wildman–Crippen MR) is 123 cm³/mol. The van der Waals surface area contributed by atoms with Gasteiger partial charge in [0.15, 0.2) is 22.5 Å². The summed E-state index contributed by atoms with van der Waals surface area (Å²) in [6, 6.07) is 12.8. The summed E-state index contributed by atoms with van der Waals surface area (Å²) in [5, 5.41) is 12.1. The molecule has 1 N–H and O–H groups in total. The Morgan fingerprint density at radius 1 is 1.18 bits per heavy atom. The van der Waals surface area contributed by atoms with Gasteiger partial charge in [-0.25, -0.2) is 0 Å². The number of alkyl halides is 2. The molecule has 0 fully saturated rings. The van der Waals surface area contributed by atoms with E-state index in [-0.39, 0.29) is 23.2 Å². The molecule has 0 saturated heterocycles. The topological polar surface area (TPSA) is 78.3 Å². The second-order valence-corrected chi connectivity index (χ2v) is 8.06. The van der Waals surface area contributed by atoms with Crippen LogP contribution < -0.4 is 14.8 Å². The molecule has 2 aromatic carbocycles. The van der Waals surface area contributed by atoms with E-state index in [1.165, 1.54) is 24.9 Å². The van der Waals surface area contributed by atoms with Crippen LogP contribution >= 0.6 is 11.8 Å². The zero-order chi connectivity index (χ0) is 23.8. The minimum absolute atomic E-state index is 0.0322. The van der Waals surface area contributed by atoms with Crippen LogP contribution in [-0.4, -0.2) is 46.7 Å². The largest absolute Gasteiger partial charge is 0.493 e. The third-order valence-electron chi connectivity index (χ3n) is 4.93. The molecule has 0 radical (unpaired) electrons. The number of thioether (sulfide) groups is 1. The van der Waals surface area contributed by atoms with Crippen molar-refractivity contribution in [3.8, 4) is 22.9 Å². The van der Waals surface area contributed by atoms with Crippen LogP contribution in [0.5, 0.6) is 11.5 Å². The third-order valence-corrected chi connectivity index (χ3v) is 5.90. The van der Waals surface area contributed by atoms with Crippen molar-refractivity contribution in [1.82, 2.24) is 20.1 Å². The number of aromatic nitrogens is 3. The average molecular weight is 477 g/mol. The number of benzene rings is 2. The first kappa shape index (κ1) is 24.5. The maximum atomic E-state index is 12.6. The summed E-state index contributed by atoms with van der Waals surface area (Å²) in [7, 11) is 1.38. The number of carbonyl (C=O) groups excluding carboxylic acids is 1. The SMILES string of the molecule is CCn1c(SCC(=O)NCCc2ccc(OC)c(OC(F)F)c2)nnc1-c1ccccc1C. The molecule has 1 heterocycles. The zero-order valence-electron chi connectivity index (χ0n) is 18.7. The minimum Gasteiger partial charge on any atom is -0.493 e. The number of rotatable bonds is 11. The Bertz CT molecular complexity index is 1090. The zero-order valence-corrected chi connectivity index (χ0v) is 19.5. The number of hydrogen-bond acceptors (Lipinski definition) is 6. The molecule has 0 atom stereocenters. The average Bonchev–Trinajstić information content (AvgIpc) is 3.20. The Morgan fingerprint density at radius 2 is 1.97 bits per heavy atom. The van der Waals surface area contributed by atoms with Crippen molar-refractivity contribution in [2.24, 2.45) is 0 Å². The Hall–Kier alpha value is -3.14. The van der Waals surface area contributed by atoms with Crippen LogP contribution in [0.15, 0.2) is 47.6 Å². The molecule has 3 aromatic rings. The van der Waals surface area contributed by atoms with E-state index in [1.807, 2.05) is 42.7 Å². The Labute approximate surface area is 195 Å². The van der Waals surface area contributed by atoms with E-state index in [1.54, 1.807) is 12.1 Å². The molecule has 176 valence electrons. The summed E-state index contributed by atoms with van der Waals surface area (Å²) >= 11 is 1.32. The van der Waals surface area contributed by atoms with E-state index < -0.39 is 6.61 Å². The van der Waals surface area contributed by atoms with Gasteiger partial charge in [-0.2, -0.15) is 8.78 Å². The number of aryl methyl sites for hydroxylation is 1. The van der Waals surface area contributed by atoms with E-state index in [4.69, 9.17) is 4.74 Å². The van der Waals surface area contributed by atoms with Crippen molar-refractivity contribution in [3.05, 3.63) is 53.6 Å². The number of hydrogen-bond donors (Lipinski definition) is 1. The van der Waals surface area contributed by atoms with E-state index >= 15 is 0 Å². The van der Waals surface area contributed by atoms with E-state index in [0.29, 0.717) is 24.7 Å². The third kappa shape index (κ3) is 6.44. The van der Waals surface area contributed by atoms with Gasteiger partial charge in [-0.05, 0) is 43.5 Å². The van der Waals surface area contributed by atoms with Crippen LogP contribution in [0.25, 0.3) is 11.4 Å². The van der Waals surface area contributed by atoms with E-state index in [9.17, 15) is 13.6 Å². The molecule has 0 aliphatic heterocycles. The van der Waals surface area contributed by atoms with Gasteiger partial charge in [0.2, 0.25) is 5.91 Å². The molecular formula is C23H26F2N4O3S. The fourth-order valence-electron chi connectivity index (χ4n) is 3.30. The van der Waals surface area contributed by atoms with Crippen molar-refractivity contribution in [1.29, 1.82) is 0 Å².